The predicted octanol–water partition coefficient (Wildman–Crippen LogP) is 4.20. The van der Waals surface area contributed by atoms with Crippen molar-refractivity contribution in [3.8, 4) is 11.5 Å². The maximum atomic E-state index is 5.67. The standard InChI is InChI=1S/C20H29NO3.ClH/c1-2-4-6-17(5-3-1)21-14-20(9-11-22-12-10-20)16-7-8-18-19(13-16)24-15-23-18;/h7-8,13,17,21H,1-6,9-12,14-15H2;1H. The molecule has 0 amide bonds. The minimum Gasteiger partial charge on any atom is -0.454 e. The number of ether oxygens (including phenoxy) is 3. The predicted molar refractivity (Wildman–Crippen MR) is 101 cm³/mol. The van der Waals surface area contributed by atoms with Crippen molar-refractivity contribution in [2.75, 3.05) is 26.6 Å². The summed E-state index contributed by atoms with van der Waals surface area (Å²) in [5.74, 6) is 1.77. The van der Waals surface area contributed by atoms with Gasteiger partial charge in [0.2, 0.25) is 6.79 Å². The number of halogens is 1. The average molecular weight is 368 g/mol. The third-order valence-electron chi connectivity index (χ3n) is 6.02. The molecule has 1 saturated carbocycles. The van der Waals surface area contributed by atoms with E-state index in [1.807, 2.05) is 0 Å². The molecule has 140 valence electrons. The van der Waals surface area contributed by atoms with Crippen LogP contribution in [0.4, 0.5) is 0 Å². The second-order valence-electron chi connectivity index (χ2n) is 7.53. The molecule has 3 aliphatic rings. The van der Waals surface area contributed by atoms with E-state index in [1.54, 1.807) is 0 Å². The van der Waals surface area contributed by atoms with Gasteiger partial charge in [0, 0.05) is 31.2 Å². The Morgan fingerprint density at radius 2 is 1.68 bits per heavy atom. The summed E-state index contributed by atoms with van der Waals surface area (Å²) in [5, 5.41) is 3.91. The normalized spacial score (nSPS) is 22.9. The van der Waals surface area contributed by atoms with Gasteiger partial charge in [0.05, 0.1) is 0 Å². The highest BCUT2D eigenvalue weighted by molar-refractivity contribution is 5.85. The molecule has 2 fully saturated rings. The summed E-state index contributed by atoms with van der Waals surface area (Å²) in [4.78, 5) is 0. The minimum atomic E-state index is 0. The minimum absolute atomic E-state index is 0. The Morgan fingerprint density at radius 3 is 2.44 bits per heavy atom. The third kappa shape index (κ3) is 4.24. The van der Waals surface area contributed by atoms with E-state index in [0.717, 1.165) is 44.1 Å². The molecule has 2 heterocycles. The van der Waals surface area contributed by atoms with Crippen LogP contribution in [0.3, 0.4) is 0 Å². The Hall–Kier alpha value is -0.970. The summed E-state index contributed by atoms with van der Waals surface area (Å²) in [5.41, 5.74) is 1.53. The van der Waals surface area contributed by atoms with E-state index >= 15 is 0 Å². The fourth-order valence-corrected chi connectivity index (χ4v) is 4.38. The monoisotopic (exact) mass is 367 g/mol. The van der Waals surface area contributed by atoms with Gasteiger partial charge in [-0.25, -0.2) is 0 Å². The van der Waals surface area contributed by atoms with Crippen molar-refractivity contribution >= 4 is 12.4 Å². The van der Waals surface area contributed by atoms with Crippen LogP contribution in [0.2, 0.25) is 0 Å². The molecule has 1 aromatic rings. The lowest BCUT2D eigenvalue weighted by atomic mass is 9.73. The van der Waals surface area contributed by atoms with Gasteiger partial charge in [-0.2, -0.15) is 0 Å². The van der Waals surface area contributed by atoms with Gasteiger partial charge in [0.15, 0.2) is 11.5 Å². The largest absolute Gasteiger partial charge is 0.454 e. The van der Waals surface area contributed by atoms with Crippen LogP contribution in [0.25, 0.3) is 0 Å². The van der Waals surface area contributed by atoms with Gasteiger partial charge >= 0.3 is 0 Å². The fraction of sp³-hybridized carbons (Fsp3) is 0.700. The zero-order chi connectivity index (χ0) is 16.2. The van der Waals surface area contributed by atoms with Gasteiger partial charge in [-0.1, -0.05) is 31.7 Å². The van der Waals surface area contributed by atoms with Gasteiger partial charge in [-0.05, 0) is 43.4 Å². The maximum absolute atomic E-state index is 5.67. The quantitative estimate of drug-likeness (QED) is 0.810. The number of rotatable bonds is 4. The molecule has 4 nitrogen and oxygen atoms in total. The van der Waals surface area contributed by atoms with E-state index in [-0.39, 0.29) is 17.8 Å². The molecular weight excluding hydrogens is 338 g/mol. The number of fused-ring (bicyclic) bond motifs is 1. The van der Waals surface area contributed by atoms with E-state index in [9.17, 15) is 0 Å². The highest BCUT2D eigenvalue weighted by atomic mass is 35.5. The Kier molecular flexibility index (Phi) is 6.48. The molecule has 0 aromatic heterocycles. The van der Waals surface area contributed by atoms with Gasteiger partial charge in [0.25, 0.3) is 0 Å². The summed E-state index contributed by atoms with van der Waals surface area (Å²) in [6.07, 6.45) is 10.4. The first-order valence-electron chi connectivity index (χ1n) is 9.57. The number of benzene rings is 1. The molecule has 0 spiro atoms. The summed E-state index contributed by atoms with van der Waals surface area (Å²) in [6.45, 7) is 3.08. The van der Waals surface area contributed by atoms with Gasteiger partial charge < -0.3 is 19.5 Å². The second kappa shape index (κ2) is 8.61. The maximum Gasteiger partial charge on any atom is 0.231 e. The molecular formula is C20H30ClNO3. The SMILES string of the molecule is Cl.c1cc2c(cc1C1(CNC3CCCCCC3)CCOCC1)OCO2. The molecule has 1 N–H and O–H groups in total. The average Bonchev–Trinajstić information content (AvgIpc) is 2.95. The molecule has 1 aliphatic carbocycles. The van der Waals surface area contributed by atoms with Crippen molar-refractivity contribution in [2.45, 2.75) is 62.8 Å². The molecule has 25 heavy (non-hydrogen) atoms. The Labute approximate surface area is 157 Å². The molecule has 0 unspecified atom stereocenters. The number of nitrogens with one attached hydrogen (secondary N) is 1. The first-order valence-corrected chi connectivity index (χ1v) is 9.57. The molecule has 2 aliphatic heterocycles. The highest BCUT2D eigenvalue weighted by Crippen LogP contribution is 2.40. The lowest BCUT2D eigenvalue weighted by Gasteiger charge is -2.39. The van der Waals surface area contributed by atoms with Crippen molar-refractivity contribution in [3.63, 3.8) is 0 Å². The number of hydrogen-bond donors (Lipinski definition) is 1. The molecule has 0 radical (unpaired) electrons. The van der Waals surface area contributed by atoms with E-state index in [0.29, 0.717) is 12.8 Å². The zero-order valence-corrected chi connectivity index (χ0v) is 15.7. The fourth-order valence-electron chi connectivity index (χ4n) is 4.38. The molecule has 0 atom stereocenters. The first kappa shape index (κ1) is 18.8. The molecule has 0 bridgehead atoms. The molecule has 1 aromatic carbocycles. The van der Waals surface area contributed by atoms with E-state index in [4.69, 9.17) is 14.2 Å². The van der Waals surface area contributed by atoms with Crippen molar-refractivity contribution in [2.24, 2.45) is 0 Å². The topological polar surface area (TPSA) is 39.7 Å². The second-order valence-corrected chi connectivity index (χ2v) is 7.53. The van der Waals surface area contributed by atoms with Crippen LogP contribution in [0.1, 0.15) is 56.9 Å². The molecule has 4 rings (SSSR count). The molecule has 1 saturated heterocycles. The summed E-state index contributed by atoms with van der Waals surface area (Å²) in [6, 6.07) is 7.18. The van der Waals surface area contributed by atoms with E-state index < -0.39 is 0 Å². The van der Waals surface area contributed by atoms with Crippen LogP contribution < -0.4 is 14.8 Å². The van der Waals surface area contributed by atoms with E-state index in [2.05, 4.69) is 23.5 Å². The van der Waals surface area contributed by atoms with Gasteiger partial charge in [-0.3, -0.25) is 0 Å². The van der Waals surface area contributed by atoms with Crippen molar-refractivity contribution in [1.82, 2.24) is 5.32 Å². The van der Waals surface area contributed by atoms with Crippen LogP contribution in [-0.4, -0.2) is 32.6 Å². The van der Waals surface area contributed by atoms with Crippen LogP contribution >= 0.6 is 12.4 Å². The highest BCUT2D eigenvalue weighted by Gasteiger charge is 2.36. The summed E-state index contributed by atoms with van der Waals surface area (Å²) < 4.78 is 16.8. The zero-order valence-electron chi connectivity index (χ0n) is 14.9. The summed E-state index contributed by atoms with van der Waals surface area (Å²) in [7, 11) is 0. The number of hydrogen-bond acceptors (Lipinski definition) is 4. The lowest BCUT2D eigenvalue weighted by molar-refractivity contribution is 0.0486. The van der Waals surface area contributed by atoms with Crippen LogP contribution in [0.5, 0.6) is 11.5 Å². The van der Waals surface area contributed by atoms with Crippen molar-refractivity contribution in [1.29, 1.82) is 0 Å². The lowest BCUT2D eigenvalue weighted by Crippen LogP contribution is -2.45. The Bertz CT molecular complexity index is 552. The van der Waals surface area contributed by atoms with E-state index in [1.165, 1.54) is 44.1 Å². The summed E-state index contributed by atoms with van der Waals surface area (Å²) >= 11 is 0. The third-order valence-corrected chi connectivity index (χ3v) is 6.02. The Morgan fingerprint density at radius 1 is 0.960 bits per heavy atom. The van der Waals surface area contributed by atoms with Crippen molar-refractivity contribution in [3.05, 3.63) is 23.8 Å². The molecule has 5 heteroatoms. The van der Waals surface area contributed by atoms with Crippen LogP contribution in [-0.2, 0) is 10.2 Å². The smallest absolute Gasteiger partial charge is 0.231 e. The Balaban J connectivity index is 0.00000182. The van der Waals surface area contributed by atoms with Gasteiger partial charge in [0.1, 0.15) is 0 Å². The van der Waals surface area contributed by atoms with Gasteiger partial charge in [-0.15, -0.1) is 12.4 Å². The van der Waals surface area contributed by atoms with Crippen LogP contribution in [0, 0.1) is 0 Å². The van der Waals surface area contributed by atoms with Crippen LogP contribution in [0.15, 0.2) is 18.2 Å². The van der Waals surface area contributed by atoms with Crippen molar-refractivity contribution < 1.29 is 14.2 Å². The first-order chi connectivity index (χ1) is 11.9.